The van der Waals surface area contributed by atoms with Crippen molar-refractivity contribution in [2.75, 3.05) is 20.1 Å². The summed E-state index contributed by atoms with van der Waals surface area (Å²) in [6.07, 6.45) is 1.55. The SMILES string of the molecule is CN1CCC2(CC1)Oc1ccccc1C2C(=O)O. The van der Waals surface area contributed by atoms with Crippen molar-refractivity contribution in [3.63, 3.8) is 0 Å². The van der Waals surface area contributed by atoms with Crippen LogP contribution in [-0.4, -0.2) is 41.7 Å². The third kappa shape index (κ3) is 1.60. The van der Waals surface area contributed by atoms with Crippen LogP contribution in [0.3, 0.4) is 0 Å². The van der Waals surface area contributed by atoms with Gasteiger partial charge in [0.15, 0.2) is 0 Å². The van der Waals surface area contributed by atoms with Crippen LogP contribution in [0, 0.1) is 0 Å². The van der Waals surface area contributed by atoms with Gasteiger partial charge in [-0.25, -0.2) is 0 Å². The molecule has 1 fully saturated rings. The fourth-order valence-corrected chi connectivity index (χ4v) is 3.12. The topological polar surface area (TPSA) is 49.8 Å². The molecule has 2 aliphatic rings. The van der Waals surface area contributed by atoms with Gasteiger partial charge in [-0.05, 0) is 13.1 Å². The Hall–Kier alpha value is -1.55. The molecule has 1 atom stereocenters. The predicted molar refractivity (Wildman–Crippen MR) is 66.9 cm³/mol. The second kappa shape index (κ2) is 3.99. The molecule has 2 heterocycles. The monoisotopic (exact) mass is 247 g/mol. The van der Waals surface area contributed by atoms with E-state index in [0.29, 0.717) is 0 Å². The maximum Gasteiger partial charge on any atom is 0.315 e. The van der Waals surface area contributed by atoms with Crippen LogP contribution in [-0.2, 0) is 4.79 Å². The van der Waals surface area contributed by atoms with Gasteiger partial charge in [-0.2, -0.15) is 0 Å². The number of nitrogens with zero attached hydrogens (tertiary/aromatic N) is 1. The summed E-state index contributed by atoms with van der Waals surface area (Å²) in [7, 11) is 2.06. The molecule has 0 saturated carbocycles. The molecule has 4 heteroatoms. The molecule has 0 bridgehead atoms. The van der Waals surface area contributed by atoms with Crippen LogP contribution >= 0.6 is 0 Å². The summed E-state index contributed by atoms with van der Waals surface area (Å²) in [6.45, 7) is 1.77. The van der Waals surface area contributed by atoms with E-state index in [9.17, 15) is 9.90 Å². The van der Waals surface area contributed by atoms with Gasteiger partial charge in [0.1, 0.15) is 17.3 Å². The van der Waals surface area contributed by atoms with E-state index in [1.54, 1.807) is 0 Å². The molecule has 0 amide bonds. The summed E-state index contributed by atoms with van der Waals surface area (Å²) >= 11 is 0. The number of hydrogen-bond acceptors (Lipinski definition) is 3. The van der Waals surface area contributed by atoms with Gasteiger partial charge in [-0.3, -0.25) is 4.79 Å². The van der Waals surface area contributed by atoms with Gasteiger partial charge >= 0.3 is 5.97 Å². The zero-order valence-corrected chi connectivity index (χ0v) is 10.4. The van der Waals surface area contributed by atoms with Crippen LogP contribution in [0.15, 0.2) is 24.3 Å². The van der Waals surface area contributed by atoms with Crippen LogP contribution in [0.1, 0.15) is 24.3 Å². The molecule has 96 valence electrons. The number of hydrogen-bond donors (Lipinski definition) is 1. The third-order valence-corrected chi connectivity index (χ3v) is 4.15. The average molecular weight is 247 g/mol. The van der Waals surface area contributed by atoms with Crippen molar-refractivity contribution >= 4 is 5.97 Å². The lowest BCUT2D eigenvalue weighted by atomic mass is 9.77. The minimum absolute atomic E-state index is 0.526. The number of carbonyl (C=O) groups is 1. The average Bonchev–Trinajstić information content (AvgIpc) is 2.67. The predicted octanol–water partition coefficient (Wildman–Crippen LogP) is 1.71. The maximum absolute atomic E-state index is 11.6. The number of carboxylic acids is 1. The molecule has 2 aliphatic heterocycles. The molecular weight excluding hydrogens is 230 g/mol. The maximum atomic E-state index is 11.6. The first kappa shape index (κ1) is 11.5. The number of para-hydroxylation sites is 1. The number of ether oxygens (including phenoxy) is 1. The molecule has 1 N–H and O–H groups in total. The van der Waals surface area contributed by atoms with Crippen LogP contribution < -0.4 is 4.74 Å². The number of fused-ring (bicyclic) bond motifs is 1. The van der Waals surface area contributed by atoms with Crippen LogP contribution in [0.25, 0.3) is 0 Å². The van der Waals surface area contributed by atoms with Crippen molar-refractivity contribution < 1.29 is 14.6 Å². The van der Waals surface area contributed by atoms with Gasteiger partial charge in [0.25, 0.3) is 0 Å². The number of aliphatic carboxylic acids is 1. The Morgan fingerprint density at radius 2 is 2.06 bits per heavy atom. The van der Waals surface area contributed by atoms with E-state index >= 15 is 0 Å². The Balaban J connectivity index is 2.00. The van der Waals surface area contributed by atoms with Gasteiger partial charge in [0, 0.05) is 31.5 Å². The van der Waals surface area contributed by atoms with Crippen molar-refractivity contribution in [1.82, 2.24) is 4.90 Å². The largest absolute Gasteiger partial charge is 0.486 e. The lowest BCUT2D eigenvalue weighted by Gasteiger charge is -2.39. The molecule has 0 radical (unpaired) electrons. The van der Waals surface area contributed by atoms with Crippen LogP contribution in [0.5, 0.6) is 5.75 Å². The second-order valence-corrected chi connectivity index (χ2v) is 5.28. The van der Waals surface area contributed by atoms with Crippen LogP contribution in [0.4, 0.5) is 0 Å². The smallest absolute Gasteiger partial charge is 0.315 e. The Bertz CT molecular complexity index is 478. The first-order valence-electron chi connectivity index (χ1n) is 6.32. The molecule has 1 spiro atoms. The summed E-state index contributed by atoms with van der Waals surface area (Å²) < 4.78 is 6.05. The zero-order valence-electron chi connectivity index (χ0n) is 10.4. The van der Waals surface area contributed by atoms with Gasteiger partial charge < -0.3 is 14.7 Å². The lowest BCUT2D eigenvalue weighted by Crippen LogP contribution is -2.50. The molecule has 0 aliphatic carbocycles. The van der Waals surface area contributed by atoms with Crippen molar-refractivity contribution in [3.8, 4) is 5.75 Å². The van der Waals surface area contributed by atoms with Gasteiger partial charge in [-0.1, -0.05) is 18.2 Å². The minimum atomic E-state index is -0.774. The molecule has 1 aromatic carbocycles. The minimum Gasteiger partial charge on any atom is -0.486 e. The van der Waals surface area contributed by atoms with Gasteiger partial charge in [0.2, 0.25) is 0 Å². The molecule has 1 unspecified atom stereocenters. The van der Waals surface area contributed by atoms with Gasteiger partial charge in [0.05, 0.1) is 0 Å². The molecular formula is C14H17NO3. The van der Waals surface area contributed by atoms with E-state index < -0.39 is 17.5 Å². The number of piperidine rings is 1. The van der Waals surface area contributed by atoms with E-state index in [2.05, 4.69) is 11.9 Å². The first-order valence-corrected chi connectivity index (χ1v) is 6.32. The highest BCUT2D eigenvalue weighted by atomic mass is 16.5. The van der Waals surface area contributed by atoms with Crippen molar-refractivity contribution in [3.05, 3.63) is 29.8 Å². The third-order valence-electron chi connectivity index (χ3n) is 4.15. The van der Waals surface area contributed by atoms with Crippen molar-refractivity contribution in [2.45, 2.75) is 24.4 Å². The molecule has 3 rings (SSSR count). The number of likely N-dealkylation sites (tertiary alicyclic amines) is 1. The molecule has 1 aromatic rings. The summed E-state index contributed by atoms with van der Waals surface area (Å²) in [5.41, 5.74) is 0.289. The second-order valence-electron chi connectivity index (χ2n) is 5.28. The molecule has 0 aromatic heterocycles. The van der Waals surface area contributed by atoms with Crippen molar-refractivity contribution in [1.29, 1.82) is 0 Å². The van der Waals surface area contributed by atoms with E-state index in [4.69, 9.17) is 4.74 Å². The summed E-state index contributed by atoms with van der Waals surface area (Å²) in [5, 5.41) is 9.55. The Morgan fingerprint density at radius 3 is 2.72 bits per heavy atom. The summed E-state index contributed by atoms with van der Waals surface area (Å²) in [6, 6.07) is 7.53. The van der Waals surface area contributed by atoms with Crippen LogP contribution in [0.2, 0.25) is 0 Å². The molecule has 18 heavy (non-hydrogen) atoms. The van der Waals surface area contributed by atoms with E-state index in [1.807, 2.05) is 24.3 Å². The van der Waals surface area contributed by atoms with E-state index in [0.717, 1.165) is 37.2 Å². The standard InChI is InChI=1S/C14H17NO3/c1-15-8-6-14(7-9-15)12(13(16)17)10-4-2-3-5-11(10)18-14/h2-5,12H,6-9H2,1H3,(H,16,17). The highest BCUT2D eigenvalue weighted by molar-refractivity contribution is 5.80. The number of carboxylic acid groups (broad SMARTS) is 1. The number of benzene rings is 1. The quantitative estimate of drug-likeness (QED) is 0.820. The highest BCUT2D eigenvalue weighted by Crippen LogP contribution is 2.49. The van der Waals surface area contributed by atoms with E-state index in [-0.39, 0.29) is 0 Å². The van der Waals surface area contributed by atoms with Gasteiger partial charge in [-0.15, -0.1) is 0 Å². The Morgan fingerprint density at radius 1 is 1.39 bits per heavy atom. The highest BCUT2D eigenvalue weighted by Gasteiger charge is 2.53. The van der Waals surface area contributed by atoms with E-state index in [1.165, 1.54) is 0 Å². The number of rotatable bonds is 1. The summed E-state index contributed by atoms with van der Waals surface area (Å²) in [4.78, 5) is 13.8. The molecule has 4 nitrogen and oxygen atoms in total. The lowest BCUT2D eigenvalue weighted by molar-refractivity contribution is -0.144. The summed E-state index contributed by atoms with van der Waals surface area (Å²) in [5.74, 6) is -0.554. The zero-order chi connectivity index (χ0) is 12.8. The first-order chi connectivity index (χ1) is 8.62. The normalized spacial score (nSPS) is 25.7. The van der Waals surface area contributed by atoms with Crippen molar-refractivity contribution in [2.24, 2.45) is 0 Å². The fraction of sp³-hybridized carbons (Fsp3) is 0.500. The molecule has 1 saturated heterocycles. The Labute approximate surface area is 106 Å². The Kier molecular flexibility index (Phi) is 2.55. The fourth-order valence-electron chi connectivity index (χ4n) is 3.12.